The Hall–Kier alpha value is -0.860. The molecule has 0 radical (unpaired) electrons. The number of hydrogen-bond acceptors (Lipinski definition) is 2. The number of nitrogens with one attached hydrogen (secondary N) is 1. The molecule has 2 nitrogen and oxygen atoms in total. The Kier molecular flexibility index (Phi) is 4.64. The van der Waals surface area contributed by atoms with Crippen LogP contribution in [0.2, 0.25) is 0 Å². The van der Waals surface area contributed by atoms with Crippen molar-refractivity contribution in [2.45, 2.75) is 39.7 Å². The van der Waals surface area contributed by atoms with Crippen molar-refractivity contribution in [3.05, 3.63) is 34.4 Å². The first-order chi connectivity index (χ1) is 9.00. The van der Waals surface area contributed by atoms with Crippen LogP contribution in [0.25, 0.3) is 0 Å². The highest BCUT2D eigenvalue weighted by atomic mass is 15.1. The molecule has 2 heteroatoms. The maximum Gasteiger partial charge on any atom is 0.0387 e. The summed E-state index contributed by atoms with van der Waals surface area (Å²) in [6, 6.07) is 5.19. The Bertz CT molecular complexity index is 408. The third-order valence-electron chi connectivity index (χ3n) is 4.37. The highest BCUT2D eigenvalue weighted by Gasteiger charge is 2.28. The molecule has 2 unspecified atom stereocenters. The fourth-order valence-corrected chi connectivity index (χ4v) is 3.72. The quantitative estimate of drug-likeness (QED) is 0.897. The summed E-state index contributed by atoms with van der Waals surface area (Å²) in [4.78, 5) is 2.41. The van der Waals surface area contributed by atoms with Gasteiger partial charge >= 0.3 is 0 Å². The summed E-state index contributed by atoms with van der Waals surface area (Å²) in [5.74, 6) is 0.726. The number of hydrogen-bond donors (Lipinski definition) is 1. The van der Waals surface area contributed by atoms with Crippen molar-refractivity contribution in [3.63, 3.8) is 0 Å². The molecule has 0 bridgehead atoms. The first-order valence-electron chi connectivity index (χ1n) is 7.45. The van der Waals surface area contributed by atoms with E-state index in [1.807, 2.05) is 0 Å². The van der Waals surface area contributed by atoms with Crippen LogP contribution in [-0.2, 0) is 0 Å². The van der Waals surface area contributed by atoms with Crippen LogP contribution in [0.4, 0.5) is 0 Å². The molecule has 1 saturated heterocycles. The van der Waals surface area contributed by atoms with Crippen LogP contribution in [0, 0.1) is 26.7 Å². The molecule has 2 atom stereocenters. The molecule has 1 aliphatic heterocycles. The standard InChI is InChI=1S/C17H28N2/c1-12-9-13(2)16(14(3)10-12)17(19(4)5)15-7-6-8-18-11-15/h9-10,15,17-18H,6-8,11H2,1-5H3. The van der Waals surface area contributed by atoms with E-state index in [1.54, 1.807) is 5.56 Å². The molecular weight excluding hydrogens is 232 g/mol. The van der Waals surface area contributed by atoms with Gasteiger partial charge < -0.3 is 10.2 Å². The van der Waals surface area contributed by atoms with Crippen LogP contribution >= 0.6 is 0 Å². The molecule has 0 saturated carbocycles. The van der Waals surface area contributed by atoms with E-state index in [0.29, 0.717) is 6.04 Å². The van der Waals surface area contributed by atoms with Gasteiger partial charge in [0.2, 0.25) is 0 Å². The second-order valence-electron chi connectivity index (χ2n) is 6.33. The lowest BCUT2D eigenvalue weighted by Gasteiger charge is -2.37. The number of aryl methyl sites for hydroxylation is 3. The van der Waals surface area contributed by atoms with Crippen LogP contribution < -0.4 is 5.32 Å². The smallest absolute Gasteiger partial charge is 0.0387 e. The zero-order valence-corrected chi connectivity index (χ0v) is 13.1. The van der Waals surface area contributed by atoms with E-state index in [2.05, 4.69) is 57.2 Å². The average molecular weight is 260 g/mol. The van der Waals surface area contributed by atoms with Crippen LogP contribution in [0.3, 0.4) is 0 Å². The van der Waals surface area contributed by atoms with Gasteiger partial charge in [-0.05, 0) is 83.4 Å². The summed E-state index contributed by atoms with van der Waals surface area (Å²) < 4.78 is 0. The molecule has 19 heavy (non-hydrogen) atoms. The van der Waals surface area contributed by atoms with Crippen LogP contribution in [-0.4, -0.2) is 32.1 Å². The minimum atomic E-state index is 0.536. The molecule has 1 heterocycles. The number of nitrogens with zero attached hydrogens (tertiary/aromatic N) is 1. The number of rotatable bonds is 3. The van der Waals surface area contributed by atoms with E-state index >= 15 is 0 Å². The fourth-order valence-electron chi connectivity index (χ4n) is 3.72. The lowest BCUT2D eigenvalue weighted by Crippen LogP contribution is -2.38. The monoisotopic (exact) mass is 260 g/mol. The molecule has 1 aromatic rings. The molecule has 1 aromatic carbocycles. The highest BCUT2D eigenvalue weighted by Crippen LogP contribution is 2.35. The Morgan fingerprint density at radius 3 is 2.26 bits per heavy atom. The van der Waals surface area contributed by atoms with E-state index in [0.717, 1.165) is 12.5 Å². The Balaban J connectivity index is 2.38. The molecule has 0 aliphatic carbocycles. The van der Waals surface area contributed by atoms with Crippen molar-refractivity contribution in [2.75, 3.05) is 27.2 Å². The Labute approximate surface area is 118 Å². The summed E-state index contributed by atoms with van der Waals surface area (Å²) in [6.45, 7) is 9.05. The second-order valence-corrected chi connectivity index (χ2v) is 6.33. The van der Waals surface area contributed by atoms with Crippen molar-refractivity contribution >= 4 is 0 Å². The van der Waals surface area contributed by atoms with E-state index in [9.17, 15) is 0 Å². The Morgan fingerprint density at radius 2 is 1.79 bits per heavy atom. The molecule has 106 valence electrons. The van der Waals surface area contributed by atoms with Crippen molar-refractivity contribution in [1.82, 2.24) is 10.2 Å². The molecule has 1 fully saturated rings. The van der Waals surface area contributed by atoms with Crippen LogP contribution in [0.5, 0.6) is 0 Å². The topological polar surface area (TPSA) is 15.3 Å². The van der Waals surface area contributed by atoms with Crippen molar-refractivity contribution in [2.24, 2.45) is 5.92 Å². The largest absolute Gasteiger partial charge is 0.316 e. The molecular formula is C17H28N2. The first kappa shape index (κ1) is 14.5. The predicted octanol–water partition coefficient (Wildman–Crippen LogP) is 3.21. The summed E-state index contributed by atoms with van der Waals surface area (Å²) >= 11 is 0. The summed E-state index contributed by atoms with van der Waals surface area (Å²) in [5.41, 5.74) is 5.81. The lowest BCUT2D eigenvalue weighted by atomic mass is 9.82. The van der Waals surface area contributed by atoms with Gasteiger partial charge in [0.05, 0.1) is 0 Å². The van der Waals surface area contributed by atoms with Crippen molar-refractivity contribution in [1.29, 1.82) is 0 Å². The first-order valence-corrected chi connectivity index (χ1v) is 7.45. The minimum Gasteiger partial charge on any atom is -0.316 e. The SMILES string of the molecule is Cc1cc(C)c(C(C2CCCNC2)N(C)C)c(C)c1. The summed E-state index contributed by atoms with van der Waals surface area (Å²) in [6.07, 6.45) is 2.64. The molecule has 0 amide bonds. The van der Waals surface area contributed by atoms with Gasteiger partial charge in [0.15, 0.2) is 0 Å². The highest BCUT2D eigenvalue weighted by molar-refractivity contribution is 5.40. The molecule has 0 spiro atoms. The molecule has 1 aliphatic rings. The fraction of sp³-hybridized carbons (Fsp3) is 0.647. The van der Waals surface area contributed by atoms with Gasteiger partial charge in [-0.25, -0.2) is 0 Å². The maximum atomic E-state index is 3.56. The predicted molar refractivity (Wildman–Crippen MR) is 82.7 cm³/mol. The number of benzene rings is 1. The van der Waals surface area contributed by atoms with Gasteiger partial charge in [0.1, 0.15) is 0 Å². The zero-order valence-electron chi connectivity index (χ0n) is 13.1. The molecule has 2 rings (SSSR count). The van der Waals surface area contributed by atoms with Gasteiger partial charge in [0, 0.05) is 6.04 Å². The van der Waals surface area contributed by atoms with Gasteiger partial charge in [-0.3, -0.25) is 0 Å². The summed E-state index contributed by atoms with van der Waals surface area (Å²) in [5, 5.41) is 3.56. The van der Waals surface area contributed by atoms with E-state index in [1.165, 1.54) is 36.1 Å². The minimum absolute atomic E-state index is 0.536. The van der Waals surface area contributed by atoms with Gasteiger partial charge in [-0.1, -0.05) is 17.7 Å². The van der Waals surface area contributed by atoms with Crippen molar-refractivity contribution < 1.29 is 0 Å². The van der Waals surface area contributed by atoms with Gasteiger partial charge in [-0.2, -0.15) is 0 Å². The van der Waals surface area contributed by atoms with E-state index < -0.39 is 0 Å². The lowest BCUT2D eigenvalue weighted by molar-refractivity contribution is 0.180. The zero-order chi connectivity index (χ0) is 14.0. The number of piperidine rings is 1. The van der Waals surface area contributed by atoms with E-state index in [4.69, 9.17) is 0 Å². The maximum absolute atomic E-state index is 3.56. The van der Waals surface area contributed by atoms with Gasteiger partial charge in [-0.15, -0.1) is 0 Å². The average Bonchev–Trinajstić information content (AvgIpc) is 2.34. The second kappa shape index (κ2) is 6.06. The van der Waals surface area contributed by atoms with Crippen molar-refractivity contribution in [3.8, 4) is 0 Å². The van der Waals surface area contributed by atoms with Crippen LogP contribution in [0.15, 0.2) is 12.1 Å². The molecule has 1 N–H and O–H groups in total. The Morgan fingerprint density at radius 1 is 1.16 bits per heavy atom. The summed E-state index contributed by atoms with van der Waals surface area (Å²) in [7, 11) is 4.44. The van der Waals surface area contributed by atoms with E-state index in [-0.39, 0.29) is 0 Å². The third kappa shape index (κ3) is 3.18. The van der Waals surface area contributed by atoms with Crippen LogP contribution in [0.1, 0.15) is 41.1 Å². The van der Waals surface area contributed by atoms with Gasteiger partial charge in [0.25, 0.3) is 0 Å². The molecule has 0 aromatic heterocycles. The normalized spacial score (nSPS) is 21.7. The third-order valence-corrected chi connectivity index (χ3v) is 4.37.